The fourth-order valence-corrected chi connectivity index (χ4v) is 4.41. The number of hydrogen-bond donors (Lipinski definition) is 1. The molecule has 1 aromatic rings. The van der Waals surface area contributed by atoms with Gasteiger partial charge in [-0.2, -0.15) is 0 Å². The van der Waals surface area contributed by atoms with Crippen LogP contribution in [0.1, 0.15) is 88.2 Å². The Labute approximate surface area is 151 Å². The number of Topliss-reactive ketones (excluding diaryl/α,β-unsaturated/α-hetero) is 1. The largest absolute Gasteiger partial charge is 0.508 e. The third-order valence-corrected chi connectivity index (χ3v) is 5.92. The molecule has 0 radical (unpaired) electrons. The summed E-state index contributed by atoms with van der Waals surface area (Å²) in [5, 5.41) is 10.6. The molecular weight excluding hydrogens is 312 g/mol. The third kappa shape index (κ3) is 4.56. The number of aryl methyl sites for hydroxylation is 1. The Hall–Kier alpha value is -1.51. The van der Waals surface area contributed by atoms with E-state index in [0.29, 0.717) is 36.9 Å². The Morgan fingerprint density at radius 3 is 2.68 bits per heavy atom. The maximum absolute atomic E-state index is 11.8. The van der Waals surface area contributed by atoms with Gasteiger partial charge in [0.1, 0.15) is 17.3 Å². The number of phenolic OH excluding ortho intramolecular Hbond substituents is 1. The monoisotopic (exact) mass is 344 g/mol. The van der Waals surface area contributed by atoms with E-state index in [0.717, 1.165) is 30.6 Å². The van der Waals surface area contributed by atoms with Crippen LogP contribution in [-0.4, -0.2) is 17.5 Å². The number of benzene rings is 1. The first-order valence-corrected chi connectivity index (χ1v) is 10.2. The van der Waals surface area contributed by atoms with E-state index in [4.69, 9.17) is 4.74 Å². The highest BCUT2D eigenvalue weighted by molar-refractivity contribution is 5.78. The lowest BCUT2D eigenvalue weighted by molar-refractivity contribution is -0.118. The van der Waals surface area contributed by atoms with Gasteiger partial charge in [0.05, 0.1) is 6.61 Å². The Morgan fingerprint density at radius 2 is 1.84 bits per heavy atom. The number of phenols is 1. The van der Waals surface area contributed by atoms with Crippen LogP contribution in [0.15, 0.2) is 12.1 Å². The van der Waals surface area contributed by atoms with Gasteiger partial charge in [-0.15, -0.1) is 0 Å². The molecular formula is C22H32O3. The summed E-state index contributed by atoms with van der Waals surface area (Å²) in [6.07, 6.45) is 11.7. The molecule has 0 saturated heterocycles. The molecule has 3 rings (SSSR count). The zero-order chi connectivity index (χ0) is 17.6. The summed E-state index contributed by atoms with van der Waals surface area (Å²) >= 11 is 0. The molecule has 1 fully saturated rings. The summed E-state index contributed by atoms with van der Waals surface area (Å²) in [5.41, 5.74) is 2.13. The van der Waals surface area contributed by atoms with E-state index in [2.05, 4.69) is 13.0 Å². The van der Waals surface area contributed by atoms with Gasteiger partial charge < -0.3 is 9.84 Å². The molecule has 1 N–H and O–H groups in total. The lowest BCUT2D eigenvalue weighted by Gasteiger charge is -2.33. The van der Waals surface area contributed by atoms with Gasteiger partial charge >= 0.3 is 0 Å². The SMILES string of the molecule is CCCCCCCCc1cc(O)c2c(c1)OC[C@H]1CCC(=O)CC[C@@H]21. The number of hydrogen-bond acceptors (Lipinski definition) is 3. The fourth-order valence-electron chi connectivity index (χ4n) is 4.41. The summed E-state index contributed by atoms with van der Waals surface area (Å²) in [6, 6.07) is 4.06. The third-order valence-electron chi connectivity index (χ3n) is 5.92. The summed E-state index contributed by atoms with van der Waals surface area (Å²) in [7, 11) is 0. The summed E-state index contributed by atoms with van der Waals surface area (Å²) in [5.74, 6) is 2.24. The van der Waals surface area contributed by atoms with Crippen LogP contribution in [0.2, 0.25) is 0 Å². The lowest BCUT2D eigenvalue weighted by Crippen LogP contribution is -2.25. The van der Waals surface area contributed by atoms with E-state index in [9.17, 15) is 9.90 Å². The number of ketones is 1. The van der Waals surface area contributed by atoms with E-state index in [1.54, 1.807) is 0 Å². The van der Waals surface area contributed by atoms with E-state index in [1.807, 2.05) is 6.07 Å². The second kappa shape index (κ2) is 8.73. The number of rotatable bonds is 7. The molecule has 1 aromatic carbocycles. The maximum atomic E-state index is 11.8. The number of aromatic hydroxyl groups is 1. The molecule has 1 saturated carbocycles. The molecule has 0 unspecified atom stereocenters. The van der Waals surface area contributed by atoms with Crippen molar-refractivity contribution in [2.24, 2.45) is 5.92 Å². The van der Waals surface area contributed by atoms with Crippen LogP contribution in [0.4, 0.5) is 0 Å². The van der Waals surface area contributed by atoms with E-state index < -0.39 is 0 Å². The first kappa shape index (κ1) is 18.3. The highest BCUT2D eigenvalue weighted by Crippen LogP contribution is 2.47. The second-order valence-corrected chi connectivity index (χ2v) is 7.84. The second-order valence-electron chi connectivity index (χ2n) is 7.84. The molecule has 2 atom stereocenters. The van der Waals surface area contributed by atoms with Crippen molar-refractivity contribution in [3.05, 3.63) is 23.3 Å². The molecule has 138 valence electrons. The van der Waals surface area contributed by atoms with Crippen molar-refractivity contribution in [2.75, 3.05) is 6.61 Å². The topological polar surface area (TPSA) is 46.5 Å². The molecule has 3 nitrogen and oxygen atoms in total. The molecule has 0 aromatic heterocycles. The molecule has 0 spiro atoms. The number of unbranched alkanes of at least 4 members (excludes halogenated alkanes) is 5. The Bertz CT molecular complexity index is 593. The van der Waals surface area contributed by atoms with Gasteiger partial charge in [0, 0.05) is 24.3 Å². The zero-order valence-electron chi connectivity index (χ0n) is 15.6. The predicted molar refractivity (Wildman–Crippen MR) is 100 cm³/mol. The first-order valence-electron chi connectivity index (χ1n) is 10.2. The van der Waals surface area contributed by atoms with Gasteiger partial charge in [-0.25, -0.2) is 0 Å². The molecule has 1 heterocycles. The Balaban J connectivity index is 1.65. The average molecular weight is 344 g/mol. The van der Waals surface area contributed by atoms with Crippen LogP contribution < -0.4 is 4.74 Å². The molecule has 3 heteroatoms. The van der Waals surface area contributed by atoms with Crippen LogP contribution in [0.3, 0.4) is 0 Å². The van der Waals surface area contributed by atoms with Crippen LogP contribution in [0.5, 0.6) is 11.5 Å². The maximum Gasteiger partial charge on any atom is 0.132 e. The molecule has 2 aliphatic rings. The van der Waals surface area contributed by atoms with Gasteiger partial charge in [0.15, 0.2) is 0 Å². The molecule has 0 amide bonds. The van der Waals surface area contributed by atoms with Crippen molar-refractivity contribution in [2.45, 2.75) is 83.5 Å². The lowest BCUT2D eigenvalue weighted by atomic mass is 9.80. The summed E-state index contributed by atoms with van der Waals surface area (Å²) in [6.45, 7) is 2.93. The number of carbonyl (C=O) groups excluding carboxylic acids is 1. The standard InChI is InChI=1S/C22H32O3/c1-2-3-4-5-6-7-8-16-13-20(24)22-19-12-11-18(23)10-9-17(19)15-25-21(22)14-16/h13-14,17,19,24H,2-12,15H2,1H3/t17-,19-/m1/s1. The Kier molecular flexibility index (Phi) is 6.39. The van der Waals surface area contributed by atoms with Gasteiger partial charge in [-0.3, -0.25) is 4.79 Å². The normalized spacial score (nSPS) is 22.7. The van der Waals surface area contributed by atoms with E-state index in [1.165, 1.54) is 44.1 Å². The van der Waals surface area contributed by atoms with E-state index >= 15 is 0 Å². The minimum absolute atomic E-state index is 0.276. The molecule has 1 aliphatic carbocycles. The van der Waals surface area contributed by atoms with Crippen molar-refractivity contribution < 1.29 is 14.6 Å². The minimum atomic E-state index is 0.276. The van der Waals surface area contributed by atoms with Gasteiger partial charge in [-0.1, -0.05) is 39.0 Å². The average Bonchev–Trinajstić information content (AvgIpc) is 2.79. The quantitative estimate of drug-likeness (QED) is 0.661. The van der Waals surface area contributed by atoms with Crippen molar-refractivity contribution in [3.63, 3.8) is 0 Å². The highest BCUT2D eigenvalue weighted by atomic mass is 16.5. The zero-order valence-corrected chi connectivity index (χ0v) is 15.6. The van der Waals surface area contributed by atoms with Crippen molar-refractivity contribution in [3.8, 4) is 11.5 Å². The van der Waals surface area contributed by atoms with Crippen LogP contribution >= 0.6 is 0 Å². The van der Waals surface area contributed by atoms with Crippen LogP contribution in [-0.2, 0) is 11.2 Å². The smallest absolute Gasteiger partial charge is 0.132 e. The Morgan fingerprint density at radius 1 is 1.08 bits per heavy atom. The van der Waals surface area contributed by atoms with Gasteiger partial charge in [0.2, 0.25) is 0 Å². The summed E-state index contributed by atoms with van der Waals surface area (Å²) in [4.78, 5) is 11.8. The van der Waals surface area contributed by atoms with Crippen molar-refractivity contribution in [1.82, 2.24) is 0 Å². The van der Waals surface area contributed by atoms with Gasteiger partial charge in [0.25, 0.3) is 0 Å². The summed E-state index contributed by atoms with van der Waals surface area (Å²) < 4.78 is 5.99. The number of fused-ring (bicyclic) bond motifs is 3. The number of ether oxygens (including phenoxy) is 1. The molecule has 25 heavy (non-hydrogen) atoms. The first-order chi connectivity index (χ1) is 12.2. The van der Waals surface area contributed by atoms with Crippen LogP contribution in [0.25, 0.3) is 0 Å². The van der Waals surface area contributed by atoms with E-state index in [-0.39, 0.29) is 5.92 Å². The van der Waals surface area contributed by atoms with Gasteiger partial charge in [-0.05, 0) is 49.3 Å². The highest BCUT2D eigenvalue weighted by Gasteiger charge is 2.35. The van der Waals surface area contributed by atoms with Crippen molar-refractivity contribution in [1.29, 1.82) is 0 Å². The fraction of sp³-hybridized carbons (Fsp3) is 0.682. The van der Waals surface area contributed by atoms with Crippen LogP contribution in [0, 0.1) is 5.92 Å². The predicted octanol–water partition coefficient (Wildman–Crippen LogP) is 5.53. The number of carbonyl (C=O) groups is 1. The minimum Gasteiger partial charge on any atom is -0.508 e. The molecule has 1 aliphatic heterocycles. The molecule has 0 bridgehead atoms. The van der Waals surface area contributed by atoms with Crippen molar-refractivity contribution >= 4 is 5.78 Å².